The summed E-state index contributed by atoms with van der Waals surface area (Å²) >= 11 is 0. The van der Waals surface area contributed by atoms with Gasteiger partial charge in [0.2, 0.25) is 15.9 Å². The van der Waals surface area contributed by atoms with Gasteiger partial charge in [0.15, 0.2) is 0 Å². The van der Waals surface area contributed by atoms with Crippen LogP contribution in [0.1, 0.15) is 20.8 Å². The Balaban J connectivity index is 2.38. The molecule has 0 saturated carbocycles. The number of nitrogens with one attached hydrogen (secondary N) is 1. The number of fused-ring (bicyclic) bond motifs is 1. The van der Waals surface area contributed by atoms with E-state index in [0.29, 0.717) is 5.69 Å². The van der Waals surface area contributed by atoms with E-state index in [1.54, 1.807) is 12.1 Å². The van der Waals surface area contributed by atoms with E-state index in [0.717, 1.165) is 21.3 Å². The van der Waals surface area contributed by atoms with Crippen LogP contribution in [0.25, 0.3) is 10.8 Å². The van der Waals surface area contributed by atoms with Gasteiger partial charge in [0.25, 0.3) is 0 Å². The molecule has 2 rings (SSSR count). The number of carbonyl (C=O) groups is 1. The maximum atomic E-state index is 12.3. The molecule has 1 N–H and O–H groups in total. The van der Waals surface area contributed by atoms with E-state index in [1.165, 1.54) is 0 Å². The molecule has 1 atom stereocenters. The quantitative estimate of drug-likeness (QED) is 0.873. The van der Waals surface area contributed by atoms with Crippen LogP contribution in [-0.4, -0.2) is 33.2 Å². The molecule has 0 aliphatic heterocycles. The fourth-order valence-electron chi connectivity index (χ4n) is 2.40. The number of hydrogen-bond donors (Lipinski definition) is 1. The summed E-state index contributed by atoms with van der Waals surface area (Å²) in [5.41, 5.74) is 0.517. The van der Waals surface area contributed by atoms with Crippen molar-refractivity contribution in [2.24, 2.45) is 5.92 Å². The summed E-state index contributed by atoms with van der Waals surface area (Å²) in [6.07, 6.45) is 1.12. The van der Waals surface area contributed by atoms with Crippen LogP contribution in [0.3, 0.4) is 0 Å². The monoisotopic (exact) mass is 348 g/mol. The van der Waals surface area contributed by atoms with E-state index >= 15 is 0 Å². The van der Waals surface area contributed by atoms with Crippen LogP contribution >= 0.6 is 0 Å². The lowest BCUT2D eigenvalue weighted by atomic mass is 10.1. The van der Waals surface area contributed by atoms with Gasteiger partial charge in [0, 0.05) is 11.4 Å². The van der Waals surface area contributed by atoms with Gasteiger partial charge in [-0.05, 0) is 24.3 Å². The van der Waals surface area contributed by atoms with Gasteiger partial charge in [-0.3, -0.25) is 9.10 Å². The first kappa shape index (κ1) is 18.3. The number of hydrogen-bond acceptors (Lipinski definition) is 3. The molecule has 1 amide bonds. The molecule has 0 bridgehead atoms. The third-order valence-electron chi connectivity index (χ3n) is 4.11. The zero-order valence-corrected chi connectivity index (χ0v) is 15.3. The van der Waals surface area contributed by atoms with Crippen LogP contribution in [0.5, 0.6) is 0 Å². The zero-order valence-electron chi connectivity index (χ0n) is 14.5. The van der Waals surface area contributed by atoms with Gasteiger partial charge in [0.05, 0.1) is 11.9 Å². The number of anilines is 1. The second kappa shape index (κ2) is 7.21. The molecule has 0 aliphatic rings. The highest BCUT2D eigenvalue weighted by Crippen LogP contribution is 2.28. The molecule has 0 fully saturated rings. The summed E-state index contributed by atoms with van der Waals surface area (Å²) in [6, 6.07) is 12.9. The smallest absolute Gasteiger partial charge is 0.240 e. The van der Waals surface area contributed by atoms with Crippen molar-refractivity contribution in [2.45, 2.75) is 26.8 Å². The Kier molecular flexibility index (Phi) is 5.49. The molecule has 0 aliphatic carbocycles. The molecule has 0 saturated heterocycles. The highest BCUT2D eigenvalue weighted by molar-refractivity contribution is 7.92. The summed E-state index contributed by atoms with van der Waals surface area (Å²) < 4.78 is 25.7. The topological polar surface area (TPSA) is 66.5 Å². The van der Waals surface area contributed by atoms with Crippen molar-refractivity contribution in [1.82, 2.24) is 5.32 Å². The largest absolute Gasteiger partial charge is 0.352 e. The third-order valence-corrected chi connectivity index (χ3v) is 5.24. The first-order chi connectivity index (χ1) is 11.2. The van der Waals surface area contributed by atoms with E-state index in [-0.39, 0.29) is 24.4 Å². The summed E-state index contributed by atoms with van der Waals surface area (Å²) in [5.74, 6) is -0.0345. The summed E-state index contributed by atoms with van der Waals surface area (Å²) in [7, 11) is -3.59. The first-order valence-corrected chi connectivity index (χ1v) is 9.80. The molecule has 130 valence electrons. The maximum Gasteiger partial charge on any atom is 0.240 e. The van der Waals surface area contributed by atoms with Crippen LogP contribution in [0.2, 0.25) is 0 Å². The molecule has 24 heavy (non-hydrogen) atoms. The standard InChI is InChI=1S/C18H24N2O3S/c1-13(2)14(3)19-18(21)12-20(24(4,22)23)17-11-7-9-15-8-5-6-10-16(15)17/h5-11,13-14H,12H2,1-4H3,(H,19,21)/t14-/m1/s1. The predicted molar refractivity (Wildman–Crippen MR) is 98.6 cm³/mol. The van der Waals surface area contributed by atoms with Crippen molar-refractivity contribution in [3.8, 4) is 0 Å². The van der Waals surface area contributed by atoms with Crippen molar-refractivity contribution < 1.29 is 13.2 Å². The van der Waals surface area contributed by atoms with Crippen molar-refractivity contribution in [3.63, 3.8) is 0 Å². The van der Waals surface area contributed by atoms with E-state index in [2.05, 4.69) is 5.32 Å². The molecule has 0 unspecified atom stereocenters. The molecular weight excluding hydrogens is 324 g/mol. The molecule has 0 heterocycles. The molecule has 0 spiro atoms. The van der Waals surface area contributed by atoms with Crippen LogP contribution in [0.15, 0.2) is 42.5 Å². The normalized spacial score (nSPS) is 13.0. The van der Waals surface area contributed by atoms with Crippen molar-refractivity contribution >= 4 is 32.4 Å². The predicted octanol–water partition coefficient (Wildman–Crippen LogP) is 2.77. The first-order valence-electron chi connectivity index (χ1n) is 7.95. The maximum absolute atomic E-state index is 12.3. The fraction of sp³-hybridized carbons (Fsp3) is 0.389. The molecule has 2 aromatic rings. The number of carbonyl (C=O) groups excluding carboxylic acids is 1. The van der Waals surface area contributed by atoms with E-state index < -0.39 is 10.0 Å². The van der Waals surface area contributed by atoms with E-state index in [1.807, 2.05) is 51.1 Å². The Morgan fingerprint density at radius 2 is 1.71 bits per heavy atom. The van der Waals surface area contributed by atoms with Gasteiger partial charge in [-0.25, -0.2) is 8.42 Å². The lowest BCUT2D eigenvalue weighted by Crippen LogP contribution is -2.44. The van der Waals surface area contributed by atoms with Gasteiger partial charge < -0.3 is 5.32 Å². The van der Waals surface area contributed by atoms with Crippen molar-refractivity contribution in [3.05, 3.63) is 42.5 Å². The number of sulfonamides is 1. The van der Waals surface area contributed by atoms with Gasteiger partial charge in [-0.2, -0.15) is 0 Å². The second-order valence-electron chi connectivity index (χ2n) is 6.37. The Morgan fingerprint density at radius 3 is 2.33 bits per heavy atom. The second-order valence-corrected chi connectivity index (χ2v) is 8.27. The lowest BCUT2D eigenvalue weighted by Gasteiger charge is -2.25. The summed E-state index contributed by atoms with van der Waals surface area (Å²) in [5, 5.41) is 4.59. The molecular formula is C18H24N2O3S. The summed E-state index contributed by atoms with van der Waals surface area (Å²) in [4.78, 5) is 12.3. The van der Waals surface area contributed by atoms with Crippen LogP contribution in [0, 0.1) is 5.92 Å². The van der Waals surface area contributed by atoms with E-state index in [4.69, 9.17) is 0 Å². The van der Waals surface area contributed by atoms with Gasteiger partial charge in [-0.1, -0.05) is 50.2 Å². The SMILES string of the molecule is CC(C)[C@@H](C)NC(=O)CN(c1cccc2ccccc12)S(C)(=O)=O. The number of amides is 1. The van der Waals surface area contributed by atoms with Crippen molar-refractivity contribution in [1.29, 1.82) is 0 Å². The fourth-order valence-corrected chi connectivity index (χ4v) is 3.27. The van der Waals surface area contributed by atoms with E-state index in [9.17, 15) is 13.2 Å². The minimum Gasteiger partial charge on any atom is -0.352 e. The Hall–Kier alpha value is -2.08. The van der Waals surface area contributed by atoms with Crippen molar-refractivity contribution in [2.75, 3.05) is 17.1 Å². The summed E-state index contributed by atoms with van der Waals surface area (Å²) in [6.45, 7) is 5.68. The number of benzene rings is 2. The average Bonchev–Trinajstić information content (AvgIpc) is 2.51. The number of nitrogens with zero attached hydrogens (tertiary/aromatic N) is 1. The van der Waals surface area contributed by atoms with Gasteiger partial charge in [0.1, 0.15) is 6.54 Å². The Morgan fingerprint density at radius 1 is 1.08 bits per heavy atom. The molecule has 2 aromatic carbocycles. The molecule has 5 nitrogen and oxygen atoms in total. The lowest BCUT2D eigenvalue weighted by molar-refractivity contribution is -0.120. The van der Waals surface area contributed by atoms with Crippen LogP contribution in [-0.2, 0) is 14.8 Å². The zero-order chi connectivity index (χ0) is 17.9. The van der Waals surface area contributed by atoms with Gasteiger partial charge >= 0.3 is 0 Å². The Bertz CT molecular complexity index is 826. The average molecular weight is 348 g/mol. The minimum atomic E-state index is -3.59. The highest BCUT2D eigenvalue weighted by atomic mass is 32.2. The number of rotatable bonds is 6. The molecule has 0 radical (unpaired) electrons. The van der Waals surface area contributed by atoms with Crippen LogP contribution in [0.4, 0.5) is 5.69 Å². The Labute approximate surface area is 143 Å². The third kappa shape index (κ3) is 4.26. The minimum absolute atomic E-state index is 0.0218. The highest BCUT2D eigenvalue weighted by Gasteiger charge is 2.23. The molecule has 6 heteroatoms. The van der Waals surface area contributed by atoms with Crippen LogP contribution < -0.4 is 9.62 Å². The molecule has 0 aromatic heterocycles. The van der Waals surface area contributed by atoms with Gasteiger partial charge in [-0.15, -0.1) is 0 Å².